The van der Waals surface area contributed by atoms with Crippen LogP contribution in [0.15, 0.2) is 30.3 Å². The van der Waals surface area contributed by atoms with Crippen molar-refractivity contribution >= 4 is 5.91 Å². The molecule has 1 aromatic carbocycles. The highest BCUT2D eigenvalue weighted by atomic mass is 16.2. The molecule has 2 unspecified atom stereocenters. The van der Waals surface area contributed by atoms with Gasteiger partial charge in [0.2, 0.25) is 5.91 Å². The Labute approximate surface area is 122 Å². The molecule has 1 saturated heterocycles. The van der Waals surface area contributed by atoms with Gasteiger partial charge in [0.15, 0.2) is 0 Å². The summed E-state index contributed by atoms with van der Waals surface area (Å²) >= 11 is 0. The molecule has 0 spiro atoms. The second kappa shape index (κ2) is 5.96. The fraction of sp³-hybridized carbons (Fsp3) is 0.588. The van der Waals surface area contributed by atoms with E-state index in [4.69, 9.17) is 0 Å². The van der Waals surface area contributed by atoms with Crippen molar-refractivity contribution in [3.8, 4) is 0 Å². The maximum absolute atomic E-state index is 12.9. The first-order valence-electron chi connectivity index (χ1n) is 7.49. The number of hydrogen-bond acceptors (Lipinski definition) is 2. The number of carbonyl (C=O) groups is 1. The first kappa shape index (κ1) is 15.0. The molecule has 1 aliphatic heterocycles. The maximum Gasteiger partial charge on any atom is 0.232 e. The van der Waals surface area contributed by atoms with Crippen molar-refractivity contribution in [2.75, 3.05) is 20.1 Å². The van der Waals surface area contributed by atoms with Gasteiger partial charge in [0.25, 0.3) is 0 Å². The molecule has 1 N–H and O–H groups in total. The van der Waals surface area contributed by atoms with Gasteiger partial charge in [-0.25, -0.2) is 0 Å². The summed E-state index contributed by atoms with van der Waals surface area (Å²) in [6.07, 6.45) is 1.04. The normalized spacial score (nSPS) is 23.7. The quantitative estimate of drug-likeness (QED) is 0.918. The number of rotatable bonds is 3. The molecule has 0 saturated carbocycles. The van der Waals surface area contributed by atoms with Gasteiger partial charge in [0, 0.05) is 19.1 Å². The fourth-order valence-corrected chi connectivity index (χ4v) is 3.13. The summed E-state index contributed by atoms with van der Waals surface area (Å²) in [6, 6.07) is 10.6. The van der Waals surface area contributed by atoms with Crippen LogP contribution in [0.4, 0.5) is 0 Å². The minimum atomic E-state index is -0.451. The highest BCUT2D eigenvalue weighted by Crippen LogP contribution is 2.28. The van der Waals surface area contributed by atoms with Gasteiger partial charge in [-0.05, 0) is 38.8 Å². The summed E-state index contributed by atoms with van der Waals surface area (Å²) in [6.45, 7) is 7.97. The van der Waals surface area contributed by atoms with Gasteiger partial charge < -0.3 is 10.2 Å². The van der Waals surface area contributed by atoms with Crippen molar-refractivity contribution < 1.29 is 4.79 Å². The summed E-state index contributed by atoms with van der Waals surface area (Å²) < 4.78 is 0. The SMILES string of the molecule is CNC1CCN(C(=O)C(C)(C)c2ccccc2)CC1C. The largest absolute Gasteiger partial charge is 0.342 e. The van der Waals surface area contributed by atoms with Crippen molar-refractivity contribution in [2.45, 2.75) is 38.6 Å². The van der Waals surface area contributed by atoms with Crippen LogP contribution in [0, 0.1) is 5.92 Å². The van der Waals surface area contributed by atoms with Crippen LogP contribution >= 0.6 is 0 Å². The average molecular weight is 274 g/mol. The minimum Gasteiger partial charge on any atom is -0.342 e. The van der Waals surface area contributed by atoms with E-state index in [0.717, 1.165) is 25.1 Å². The zero-order valence-electron chi connectivity index (χ0n) is 13.0. The third kappa shape index (κ3) is 2.88. The standard InChI is InChI=1S/C17H26N2O/c1-13-12-19(11-10-15(13)18-4)16(20)17(2,3)14-8-6-5-7-9-14/h5-9,13,15,18H,10-12H2,1-4H3. The van der Waals surface area contributed by atoms with Crippen molar-refractivity contribution in [1.82, 2.24) is 10.2 Å². The Morgan fingerprint density at radius 3 is 2.50 bits per heavy atom. The van der Waals surface area contributed by atoms with Gasteiger partial charge >= 0.3 is 0 Å². The van der Waals surface area contributed by atoms with Crippen molar-refractivity contribution in [2.24, 2.45) is 5.92 Å². The Hall–Kier alpha value is -1.35. The van der Waals surface area contributed by atoms with Crippen LogP contribution in [-0.4, -0.2) is 37.0 Å². The van der Waals surface area contributed by atoms with E-state index < -0.39 is 5.41 Å². The lowest BCUT2D eigenvalue weighted by Gasteiger charge is -2.40. The molecule has 1 aromatic rings. The number of nitrogens with one attached hydrogen (secondary N) is 1. The monoisotopic (exact) mass is 274 g/mol. The summed E-state index contributed by atoms with van der Waals surface area (Å²) in [5.41, 5.74) is 0.640. The summed E-state index contributed by atoms with van der Waals surface area (Å²) in [5.74, 6) is 0.745. The molecule has 1 aliphatic rings. The lowest BCUT2D eigenvalue weighted by atomic mass is 9.82. The molecular weight excluding hydrogens is 248 g/mol. The van der Waals surface area contributed by atoms with Gasteiger partial charge in [0.1, 0.15) is 0 Å². The molecule has 3 nitrogen and oxygen atoms in total. The number of nitrogens with zero attached hydrogens (tertiary/aromatic N) is 1. The van der Waals surface area contributed by atoms with Crippen molar-refractivity contribution in [3.05, 3.63) is 35.9 Å². The topological polar surface area (TPSA) is 32.3 Å². The lowest BCUT2D eigenvalue weighted by molar-refractivity contribution is -0.138. The predicted molar refractivity (Wildman–Crippen MR) is 82.7 cm³/mol. The van der Waals surface area contributed by atoms with E-state index in [1.54, 1.807) is 0 Å². The second-order valence-electron chi connectivity index (χ2n) is 6.40. The Morgan fingerprint density at radius 2 is 1.95 bits per heavy atom. The average Bonchev–Trinajstić information content (AvgIpc) is 2.47. The third-order valence-corrected chi connectivity index (χ3v) is 4.59. The number of benzene rings is 1. The molecule has 20 heavy (non-hydrogen) atoms. The lowest BCUT2D eigenvalue weighted by Crippen LogP contribution is -2.53. The maximum atomic E-state index is 12.9. The molecule has 0 bridgehead atoms. The van der Waals surface area contributed by atoms with Crippen LogP contribution in [-0.2, 0) is 10.2 Å². The molecule has 1 amide bonds. The van der Waals surface area contributed by atoms with Gasteiger partial charge in [-0.1, -0.05) is 37.3 Å². The first-order valence-corrected chi connectivity index (χ1v) is 7.49. The van der Waals surface area contributed by atoms with Crippen LogP contribution in [0.3, 0.4) is 0 Å². The molecule has 2 rings (SSSR count). The van der Waals surface area contributed by atoms with Gasteiger partial charge in [-0.2, -0.15) is 0 Å². The number of piperidine rings is 1. The van der Waals surface area contributed by atoms with E-state index in [9.17, 15) is 4.79 Å². The Morgan fingerprint density at radius 1 is 1.30 bits per heavy atom. The van der Waals surface area contributed by atoms with Crippen LogP contribution in [0.2, 0.25) is 0 Å². The Kier molecular flexibility index (Phi) is 4.48. The van der Waals surface area contributed by atoms with Crippen LogP contribution in [0.1, 0.15) is 32.8 Å². The zero-order valence-corrected chi connectivity index (χ0v) is 13.0. The number of hydrogen-bond donors (Lipinski definition) is 1. The zero-order chi connectivity index (χ0) is 14.8. The molecule has 1 heterocycles. The van der Waals surface area contributed by atoms with E-state index >= 15 is 0 Å². The van der Waals surface area contributed by atoms with Gasteiger partial charge in [0.05, 0.1) is 5.41 Å². The van der Waals surface area contributed by atoms with Gasteiger partial charge in [-0.15, -0.1) is 0 Å². The van der Waals surface area contributed by atoms with E-state index in [-0.39, 0.29) is 5.91 Å². The number of carbonyl (C=O) groups excluding carboxylic acids is 1. The second-order valence-corrected chi connectivity index (χ2v) is 6.40. The fourth-order valence-electron chi connectivity index (χ4n) is 3.13. The minimum absolute atomic E-state index is 0.241. The van der Waals surface area contributed by atoms with Crippen molar-refractivity contribution in [1.29, 1.82) is 0 Å². The first-order chi connectivity index (χ1) is 9.46. The van der Waals surface area contributed by atoms with Crippen LogP contribution in [0.5, 0.6) is 0 Å². The summed E-state index contributed by atoms with van der Waals surface area (Å²) in [5, 5.41) is 3.35. The molecule has 2 atom stereocenters. The van der Waals surface area contributed by atoms with Crippen molar-refractivity contribution in [3.63, 3.8) is 0 Å². The molecular formula is C17H26N2O. The smallest absolute Gasteiger partial charge is 0.232 e. The summed E-state index contributed by atoms with van der Waals surface area (Å²) in [4.78, 5) is 14.9. The molecule has 3 heteroatoms. The molecule has 0 radical (unpaired) electrons. The number of likely N-dealkylation sites (tertiary alicyclic amines) is 1. The van der Waals surface area contributed by atoms with E-state index in [1.165, 1.54) is 0 Å². The van der Waals surface area contributed by atoms with Crippen LogP contribution < -0.4 is 5.32 Å². The van der Waals surface area contributed by atoms with E-state index in [1.807, 2.05) is 56.1 Å². The molecule has 0 aliphatic carbocycles. The Bertz CT molecular complexity index is 455. The summed E-state index contributed by atoms with van der Waals surface area (Å²) in [7, 11) is 2.01. The Balaban J connectivity index is 2.12. The number of amides is 1. The van der Waals surface area contributed by atoms with Gasteiger partial charge in [-0.3, -0.25) is 4.79 Å². The molecule has 110 valence electrons. The highest BCUT2D eigenvalue weighted by molar-refractivity contribution is 5.87. The molecule has 0 aromatic heterocycles. The van der Waals surface area contributed by atoms with Crippen LogP contribution in [0.25, 0.3) is 0 Å². The molecule has 1 fully saturated rings. The van der Waals surface area contributed by atoms with E-state index in [2.05, 4.69) is 12.2 Å². The van der Waals surface area contributed by atoms with E-state index in [0.29, 0.717) is 12.0 Å². The predicted octanol–water partition coefficient (Wildman–Crippen LogP) is 2.42. The third-order valence-electron chi connectivity index (χ3n) is 4.59. The highest BCUT2D eigenvalue weighted by Gasteiger charge is 2.36.